The molecule has 1 amide bonds. The Morgan fingerprint density at radius 2 is 2.04 bits per heavy atom. The number of carbonyl (C=O) groups is 1. The molecule has 6 heteroatoms. The number of aromatic nitrogens is 2. The molecule has 0 aliphatic carbocycles. The molecule has 0 atom stereocenters. The number of nitrogens with zero attached hydrogens (tertiary/aromatic N) is 3. The van der Waals surface area contributed by atoms with Gasteiger partial charge in [0.15, 0.2) is 0 Å². The molecule has 0 unspecified atom stereocenters. The van der Waals surface area contributed by atoms with Crippen molar-refractivity contribution >= 4 is 17.2 Å². The number of imidazole rings is 1. The van der Waals surface area contributed by atoms with E-state index < -0.39 is 0 Å². The van der Waals surface area contributed by atoms with Gasteiger partial charge in [-0.25, -0.2) is 9.37 Å². The Morgan fingerprint density at radius 3 is 2.87 bits per heavy atom. The lowest BCUT2D eigenvalue weighted by atomic mass is 10.1. The Bertz CT molecular complexity index is 853. The van der Waals surface area contributed by atoms with Gasteiger partial charge in [-0.2, -0.15) is 0 Å². The van der Waals surface area contributed by atoms with Crippen LogP contribution in [0.4, 0.5) is 4.39 Å². The summed E-state index contributed by atoms with van der Waals surface area (Å²) in [5.74, 6) is -0.355. The molecule has 3 heterocycles. The highest BCUT2D eigenvalue weighted by atomic mass is 32.1. The zero-order valence-corrected chi connectivity index (χ0v) is 13.1. The molecule has 23 heavy (non-hydrogen) atoms. The number of fused-ring (bicyclic) bond motifs is 1. The summed E-state index contributed by atoms with van der Waals surface area (Å²) in [6.07, 6.45) is 4.04. The van der Waals surface area contributed by atoms with Crippen LogP contribution in [0.2, 0.25) is 0 Å². The first-order chi connectivity index (χ1) is 11.2. The maximum Gasteiger partial charge on any atom is 0.272 e. The van der Waals surface area contributed by atoms with Crippen LogP contribution in [-0.2, 0) is 13.0 Å². The molecule has 0 radical (unpaired) electrons. The lowest BCUT2D eigenvalue weighted by Crippen LogP contribution is -2.36. The van der Waals surface area contributed by atoms with Crippen LogP contribution in [0.1, 0.15) is 20.9 Å². The second-order valence-corrected chi connectivity index (χ2v) is 6.47. The van der Waals surface area contributed by atoms with E-state index in [4.69, 9.17) is 0 Å². The summed E-state index contributed by atoms with van der Waals surface area (Å²) < 4.78 is 14.8. The predicted molar refractivity (Wildman–Crippen MR) is 86.3 cm³/mol. The minimum atomic E-state index is -0.303. The van der Waals surface area contributed by atoms with Crippen LogP contribution in [0.25, 0.3) is 5.69 Å². The molecule has 3 aromatic rings. The molecule has 1 aromatic carbocycles. The fraction of sp³-hybridized carbons (Fsp3) is 0.176. The van der Waals surface area contributed by atoms with E-state index in [0.29, 0.717) is 18.8 Å². The number of hydrogen-bond acceptors (Lipinski definition) is 3. The van der Waals surface area contributed by atoms with E-state index in [9.17, 15) is 9.18 Å². The number of hydrogen-bond donors (Lipinski definition) is 0. The summed E-state index contributed by atoms with van der Waals surface area (Å²) >= 11 is 1.75. The Kier molecular flexibility index (Phi) is 3.46. The molecule has 116 valence electrons. The maximum absolute atomic E-state index is 13.1. The van der Waals surface area contributed by atoms with Crippen molar-refractivity contribution in [2.75, 3.05) is 6.54 Å². The van der Waals surface area contributed by atoms with Crippen LogP contribution >= 0.6 is 11.3 Å². The van der Waals surface area contributed by atoms with Crippen LogP contribution in [0.15, 0.2) is 48.2 Å². The van der Waals surface area contributed by atoms with Crippen molar-refractivity contribution in [3.05, 3.63) is 70.2 Å². The molecule has 4 rings (SSSR count). The Morgan fingerprint density at radius 1 is 1.22 bits per heavy atom. The van der Waals surface area contributed by atoms with Crippen molar-refractivity contribution in [3.63, 3.8) is 0 Å². The van der Waals surface area contributed by atoms with Gasteiger partial charge in [-0.05, 0) is 47.7 Å². The van der Waals surface area contributed by atoms with Gasteiger partial charge in [-0.3, -0.25) is 9.36 Å². The van der Waals surface area contributed by atoms with Gasteiger partial charge in [-0.1, -0.05) is 0 Å². The third-order valence-electron chi connectivity index (χ3n) is 4.06. The number of rotatable bonds is 2. The van der Waals surface area contributed by atoms with Crippen LogP contribution in [0.3, 0.4) is 0 Å². The van der Waals surface area contributed by atoms with Gasteiger partial charge >= 0.3 is 0 Å². The fourth-order valence-corrected chi connectivity index (χ4v) is 3.73. The van der Waals surface area contributed by atoms with Crippen molar-refractivity contribution in [1.29, 1.82) is 0 Å². The predicted octanol–water partition coefficient (Wildman–Crippen LogP) is 3.27. The van der Waals surface area contributed by atoms with Crippen molar-refractivity contribution in [2.45, 2.75) is 13.0 Å². The van der Waals surface area contributed by atoms with Crippen molar-refractivity contribution < 1.29 is 9.18 Å². The zero-order chi connectivity index (χ0) is 15.8. The molecule has 1 aliphatic rings. The largest absolute Gasteiger partial charge is 0.333 e. The van der Waals surface area contributed by atoms with Crippen LogP contribution in [0.5, 0.6) is 0 Å². The second-order valence-electron chi connectivity index (χ2n) is 5.47. The molecule has 0 N–H and O–H groups in total. The van der Waals surface area contributed by atoms with E-state index in [1.54, 1.807) is 40.6 Å². The number of halogens is 1. The molecular weight excluding hydrogens is 313 g/mol. The lowest BCUT2D eigenvalue weighted by molar-refractivity contribution is 0.0727. The first-order valence-electron chi connectivity index (χ1n) is 7.35. The molecule has 0 bridgehead atoms. The van der Waals surface area contributed by atoms with Gasteiger partial charge < -0.3 is 4.90 Å². The standard InChI is InChI=1S/C17H14FN3OS/c18-13-1-3-14(4-2-13)21-11-19-9-15(21)17(22)20-7-5-16-12(10-20)6-8-23-16/h1-4,6,8-9,11H,5,7,10H2. The summed E-state index contributed by atoms with van der Waals surface area (Å²) in [5, 5.41) is 2.07. The van der Waals surface area contributed by atoms with Gasteiger partial charge in [-0.15, -0.1) is 11.3 Å². The molecule has 1 aliphatic heterocycles. The molecule has 2 aromatic heterocycles. The number of benzene rings is 1. The lowest BCUT2D eigenvalue weighted by Gasteiger charge is -2.27. The van der Waals surface area contributed by atoms with Crippen LogP contribution < -0.4 is 0 Å². The van der Waals surface area contributed by atoms with E-state index in [2.05, 4.69) is 16.4 Å². The van der Waals surface area contributed by atoms with E-state index >= 15 is 0 Å². The van der Waals surface area contributed by atoms with Crippen LogP contribution in [0, 0.1) is 5.82 Å². The maximum atomic E-state index is 13.1. The summed E-state index contributed by atoms with van der Waals surface area (Å²) in [6.45, 7) is 1.34. The van der Waals surface area contributed by atoms with E-state index in [-0.39, 0.29) is 11.7 Å². The SMILES string of the molecule is O=C(c1cncn1-c1ccc(F)cc1)N1CCc2sccc2C1. The normalized spacial score (nSPS) is 13.9. The van der Waals surface area contributed by atoms with Gasteiger partial charge in [0.1, 0.15) is 11.5 Å². The molecule has 0 saturated heterocycles. The topological polar surface area (TPSA) is 38.1 Å². The molecule has 0 saturated carbocycles. The third kappa shape index (κ3) is 2.55. The van der Waals surface area contributed by atoms with Crippen molar-refractivity contribution in [1.82, 2.24) is 14.5 Å². The zero-order valence-electron chi connectivity index (χ0n) is 12.3. The molecule has 4 nitrogen and oxygen atoms in total. The van der Waals surface area contributed by atoms with Gasteiger partial charge in [0.2, 0.25) is 0 Å². The average molecular weight is 327 g/mol. The monoisotopic (exact) mass is 327 g/mol. The number of thiophene rings is 1. The highest BCUT2D eigenvalue weighted by Crippen LogP contribution is 2.25. The first kappa shape index (κ1) is 14.1. The Balaban J connectivity index is 1.63. The van der Waals surface area contributed by atoms with Gasteiger partial charge in [0.05, 0.1) is 12.5 Å². The molecular formula is C17H14FN3OS. The highest BCUT2D eigenvalue weighted by Gasteiger charge is 2.25. The van der Waals surface area contributed by atoms with E-state index in [1.165, 1.54) is 22.6 Å². The first-order valence-corrected chi connectivity index (χ1v) is 8.23. The summed E-state index contributed by atoms with van der Waals surface area (Å²) in [6, 6.07) is 8.11. The highest BCUT2D eigenvalue weighted by molar-refractivity contribution is 7.10. The third-order valence-corrected chi connectivity index (χ3v) is 5.08. The minimum absolute atomic E-state index is 0.0522. The molecule has 0 fully saturated rings. The quantitative estimate of drug-likeness (QED) is 0.724. The number of carbonyl (C=O) groups excluding carboxylic acids is 1. The van der Waals surface area contributed by atoms with Gasteiger partial charge in [0, 0.05) is 23.7 Å². The molecule has 0 spiro atoms. The van der Waals surface area contributed by atoms with Gasteiger partial charge in [0.25, 0.3) is 5.91 Å². The average Bonchev–Trinajstić information content (AvgIpc) is 3.23. The summed E-state index contributed by atoms with van der Waals surface area (Å²) in [5.41, 5.74) is 2.44. The summed E-state index contributed by atoms with van der Waals surface area (Å²) in [7, 11) is 0. The smallest absolute Gasteiger partial charge is 0.272 e. The minimum Gasteiger partial charge on any atom is -0.333 e. The van der Waals surface area contributed by atoms with E-state index in [1.807, 2.05) is 4.90 Å². The second kappa shape index (κ2) is 5.62. The Labute approximate surface area is 136 Å². The fourth-order valence-electron chi connectivity index (χ4n) is 2.84. The van der Waals surface area contributed by atoms with Crippen molar-refractivity contribution in [3.8, 4) is 5.69 Å². The summed E-state index contributed by atoms with van der Waals surface area (Å²) in [4.78, 5) is 20.1. The Hall–Kier alpha value is -2.47. The van der Waals surface area contributed by atoms with Crippen LogP contribution in [-0.4, -0.2) is 26.9 Å². The van der Waals surface area contributed by atoms with Crippen molar-refractivity contribution in [2.24, 2.45) is 0 Å². The van der Waals surface area contributed by atoms with E-state index in [0.717, 1.165) is 12.1 Å². The number of amides is 1.